The van der Waals surface area contributed by atoms with E-state index in [0.717, 1.165) is 40.7 Å². The predicted molar refractivity (Wildman–Crippen MR) is 130 cm³/mol. The molecule has 0 aliphatic carbocycles. The Hall–Kier alpha value is -3.85. The lowest BCUT2D eigenvalue weighted by Gasteiger charge is -2.11. The minimum absolute atomic E-state index is 0.0699. The second-order valence-electron chi connectivity index (χ2n) is 8.04. The summed E-state index contributed by atoms with van der Waals surface area (Å²) in [4.78, 5) is 37.4. The summed E-state index contributed by atoms with van der Waals surface area (Å²) in [6, 6.07) is 7.34. The standard InChI is InChI=1S/C25H24N4O4S/c1-16(2)20-15-34-22(27-20)7-5-17-9-11-29-21(12-17)28-24(19(25(29)32)6-8-23(30)31)33-14-18-4-3-10-26-13-18/h3-4,6,8-13,15-16H,5,7,14H2,1-2H3,(H,30,31). The van der Waals surface area contributed by atoms with Gasteiger partial charge in [0.25, 0.3) is 5.56 Å². The molecule has 0 atom stereocenters. The highest BCUT2D eigenvalue weighted by molar-refractivity contribution is 7.09. The van der Waals surface area contributed by atoms with Crippen molar-refractivity contribution >= 4 is 29.0 Å². The number of fused-ring (bicyclic) bond motifs is 1. The van der Waals surface area contributed by atoms with Gasteiger partial charge in [-0.1, -0.05) is 19.9 Å². The molecule has 0 amide bonds. The number of aryl methyl sites for hydroxylation is 2. The zero-order valence-corrected chi connectivity index (χ0v) is 19.7. The fourth-order valence-electron chi connectivity index (χ4n) is 3.33. The van der Waals surface area contributed by atoms with Gasteiger partial charge >= 0.3 is 5.97 Å². The number of rotatable bonds is 9. The number of thiazole rings is 1. The molecule has 4 aromatic heterocycles. The number of carbonyl (C=O) groups is 1. The van der Waals surface area contributed by atoms with E-state index in [1.807, 2.05) is 18.2 Å². The van der Waals surface area contributed by atoms with Gasteiger partial charge in [-0.2, -0.15) is 4.98 Å². The van der Waals surface area contributed by atoms with E-state index in [1.165, 1.54) is 10.5 Å². The normalized spacial score (nSPS) is 11.5. The summed E-state index contributed by atoms with van der Waals surface area (Å²) >= 11 is 1.66. The Bertz CT molecular complexity index is 1390. The molecule has 34 heavy (non-hydrogen) atoms. The molecule has 0 aliphatic heterocycles. The summed E-state index contributed by atoms with van der Waals surface area (Å²) in [7, 11) is 0. The van der Waals surface area contributed by atoms with E-state index in [-0.39, 0.29) is 18.1 Å². The fourth-order valence-corrected chi connectivity index (χ4v) is 4.29. The average Bonchev–Trinajstić information content (AvgIpc) is 3.31. The topological polar surface area (TPSA) is 107 Å². The molecule has 0 aromatic carbocycles. The Morgan fingerprint density at radius 1 is 1.24 bits per heavy atom. The van der Waals surface area contributed by atoms with Crippen LogP contribution in [0.3, 0.4) is 0 Å². The molecule has 4 rings (SSSR count). The van der Waals surface area contributed by atoms with Crippen LogP contribution in [0, 0.1) is 0 Å². The van der Waals surface area contributed by atoms with E-state index in [4.69, 9.17) is 9.84 Å². The second kappa shape index (κ2) is 10.4. The summed E-state index contributed by atoms with van der Waals surface area (Å²) in [6.45, 7) is 4.39. The van der Waals surface area contributed by atoms with Crippen LogP contribution in [-0.2, 0) is 24.2 Å². The maximum absolute atomic E-state index is 13.1. The first-order valence-corrected chi connectivity index (χ1v) is 11.7. The van der Waals surface area contributed by atoms with Gasteiger partial charge in [0.15, 0.2) is 0 Å². The number of aliphatic carboxylic acids is 1. The summed E-state index contributed by atoms with van der Waals surface area (Å²) in [6.07, 6.45) is 8.63. The number of nitrogens with zero attached hydrogens (tertiary/aromatic N) is 4. The van der Waals surface area contributed by atoms with Gasteiger partial charge in [-0.15, -0.1) is 11.3 Å². The van der Waals surface area contributed by atoms with Crippen molar-refractivity contribution in [3.63, 3.8) is 0 Å². The lowest BCUT2D eigenvalue weighted by Crippen LogP contribution is -2.19. The van der Waals surface area contributed by atoms with Gasteiger partial charge < -0.3 is 9.84 Å². The molecule has 0 spiro atoms. The highest BCUT2D eigenvalue weighted by Crippen LogP contribution is 2.21. The van der Waals surface area contributed by atoms with Gasteiger partial charge in [0, 0.05) is 42.0 Å². The number of hydrogen-bond donors (Lipinski definition) is 1. The monoisotopic (exact) mass is 476 g/mol. The van der Waals surface area contributed by atoms with E-state index in [9.17, 15) is 9.59 Å². The van der Waals surface area contributed by atoms with Gasteiger partial charge in [0.05, 0.1) is 10.7 Å². The Morgan fingerprint density at radius 3 is 2.79 bits per heavy atom. The highest BCUT2D eigenvalue weighted by atomic mass is 32.1. The highest BCUT2D eigenvalue weighted by Gasteiger charge is 2.14. The van der Waals surface area contributed by atoms with Gasteiger partial charge in [0.2, 0.25) is 5.88 Å². The van der Waals surface area contributed by atoms with Crippen LogP contribution in [0.4, 0.5) is 0 Å². The van der Waals surface area contributed by atoms with Crippen LogP contribution in [0.1, 0.15) is 47.2 Å². The number of ether oxygens (including phenoxy) is 1. The van der Waals surface area contributed by atoms with Crippen molar-refractivity contribution in [3.05, 3.63) is 92.1 Å². The first kappa shape index (κ1) is 23.3. The molecule has 0 bridgehead atoms. The SMILES string of the molecule is CC(C)c1csc(CCc2ccn3c(=O)c(C=CC(=O)O)c(OCc4cccnc4)nc3c2)n1. The molecule has 8 nitrogen and oxygen atoms in total. The molecule has 4 aromatic rings. The molecule has 0 saturated carbocycles. The maximum Gasteiger partial charge on any atom is 0.328 e. The van der Waals surface area contributed by atoms with Gasteiger partial charge in [-0.3, -0.25) is 14.2 Å². The summed E-state index contributed by atoms with van der Waals surface area (Å²) in [5, 5.41) is 12.2. The van der Waals surface area contributed by atoms with E-state index in [2.05, 4.69) is 34.2 Å². The van der Waals surface area contributed by atoms with Crippen LogP contribution in [0.5, 0.6) is 5.88 Å². The van der Waals surface area contributed by atoms with Crippen molar-refractivity contribution in [2.75, 3.05) is 0 Å². The largest absolute Gasteiger partial charge is 0.478 e. The Morgan fingerprint density at radius 2 is 2.09 bits per heavy atom. The molecule has 0 unspecified atom stereocenters. The molecule has 1 N–H and O–H groups in total. The number of pyridine rings is 2. The van der Waals surface area contributed by atoms with Crippen molar-refractivity contribution in [2.24, 2.45) is 0 Å². The lowest BCUT2D eigenvalue weighted by atomic mass is 10.1. The molecular formula is C25H24N4O4S. The molecular weight excluding hydrogens is 452 g/mol. The molecule has 0 fully saturated rings. The van der Waals surface area contributed by atoms with Gasteiger partial charge in [0.1, 0.15) is 17.8 Å². The Labute approximate surface area is 200 Å². The van der Waals surface area contributed by atoms with Crippen LogP contribution in [0.2, 0.25) is 0 Å². The second-order valence-corrected chi connectivity index (χ2v) is 8.98. The number of carboxylic acid groups (broad SMARTS) is 1. The first-order chi connectivity index (χ1) is 16.4. The van der Waals surface area contributed by atoms with Crippen LogP contribution >= 0.6 is 11.3 Å². The van der Waals surface area contributed by atoms with Gasteiger partial charge in [-0.25, -0.2) is 9.78 Å². The van der Waals surface area contributed by atoms with Crippen molar-refractivity contribution in [1.29, 1.82) is 0 Å². The molecule has 174 valence electrons. The smallest absolute Gasteiger partial charge is 0.328 e. The molecule has 0 saturated heterocycles. The fraction of sp³-hybridized carbons (Fsp3) is 0.240. The Balaban J connectivity index is 1.64. The van der Waals surface area contributed by atoms with Crippen molar-refractivity contribution in [2.45, 2.75) is 39.2 Å². The van der Waals surface area contributed by atoms with Crippen molar-refractivity contribution in [3.8, 4) is 5.88 Å². The first-order valence-electron chi connectivity index (χ1n) is 10.8. The lowest BCUT2D eigenvalue weighted by molar-refractivity contribution is -0.131. The summed E-state index contributed by atoms with van der Waals surface area (Å²) in [5.41, 5.74) is 3.01. The van der Waals surface area contributed by atoms with Crippen LogP contribution in [-0.4, -0.2) is 30.4 Å². The van der Waals surface area contributed by atoms with Crippen molar-refractivity contribution < 1.29 is 14.6 Å². The summed E-state index contributed by atoms with van der Waals surface area (Å²) in [5.74, 6) is -0.693. The molecule has 4 heterocycles. The van der Waals surface area contributed by atoms with E-state index in [0.29, 0.717) is 11.6 Å². The number of carboxylic acids is 1. The van der Waals surface area contributed by atoms with Crippen LogP contribution < -0.4 is 10.3 Å². The maximum atomic E-state index is 13.1. The third-order valence-electron chi connectivity index (χ3n) is 5.17. The molecule has 9 heteroatoms. The van der Waals surface area contributed by atoms with Crippen LogP contribution in [0.25, 0.3) is 11.7 Å². The molecule has 0 aliphatic rings. The van der Waals surface area contributed by atoms with E-state index >= 15 is 0 Å². The predicted octanol–water partition coefficient (Wildman–Crippen LogP) is 4.13. The summed E-state index contributed by atoms with van der Waals surface area (Å²) < 4.78 is 7.21. The van der Waals surface area contributed by atoms with E-state index in [1.54, 1.807) is 36.0 Å². The zero-order chi connectivity index (χ0) is 24.1. The van der Waals surface area contributed by atoms with Gasteiger partial charge in [-0.05, 0) is 42.2 Å². The molecule has 0 radical (unpaired) electrons. The van der Waals surface area contributed by atoms with Crippen molar-refractivity contribution in [1.82, 2.24) is 19.4 Å². The quantitative estimate of drug-likeness (QED) is 0.362. The zero-order valence-electron chi connectivity index (χ0n) is 18.8. The average molecular weight is 477 g/mol. The third-order valence-corrected chi connectivity index (χ3v) is 6.10. The third kappa shape index (κ3) is 5.55. The van der Waals surface area contributed by atoms with E-state index < -0.39 is 11.5 Å². The van der Waals surface area contributed by atoms with Crippen LogP contribution in [0.15, 0.2) is 59.1 Å². The minimum Gasteiger partial charge on any atom is -0.478 e. The number of aromatic nitrogens is 4. The minimum atomic E-state index is -1.17. The number of hydrogen-bond acceptors (Lipinski definition) is 7. The Kier molecular flexibility index (Phi) is 7.12.